The highest BCUT2D eigenvalue weighted by Crippen LogP contribution is 2.42. The average Bonchev–Trinajstić information content (AvgIpc) is 3.52. The lowest BCUT2D eigenvalue weighted by Crippen LogP contribution is -2.30. The number of anilines is 1. The summed E-state index contributed by atoms with van der Waals surface area (Å²) in [6.45, 7) is 1.34. The molecule has 0 bridgehead atoms. The summed E-state index contributed by atoms with van der Waals surface area (Å²) in [5.74, 6) is 0. The van der Waals surface area contributed by atoms with Gasteiger partial charge >= 0.3 is 0 Å². The fraction of sp³-hybridized carbons (Fsp3) is 0.185. The molecule has 1 saturated heterocycles. The van der Waals surface area contributed by atoms with E-state index in [0.29, 0.717) is 11.7 Å². The summed E-state index contributed by atoms with van der Waals surface area (Å²) in [7, 11) is 1.70. The van der Waals surface area contributed by atoms with Crippen LogP contribution in [-0.2, 0) is 11.3 Å². The van der Waals surface area contributed by atoms with Crippen molar-refractivity contribution >= 4 is 40.5 Å². The Kier molecular flexibility index (Phi) is 7.50. The fourth-order valence-electron chi connectivity index (χ4n) is 4.47. The quantitative estimate of drug-likeness (QED) is 0.166. The maximum Gasteiger partial charge on any atom is 0.269 e. The van der Waals surface area contributed by atoms with Gasteiger partial charge in [0.25, 0.3) is 5.69 Å². The van der Waals surface area contributed by atoms with Crippen molar-refractivity contribution < 1.29 is 9.66 Å². The Morgan fingerprint density at radius 1 is 1.05 bits per heavy atom. The third kappa shape index (κ3) is 5.36. The number of nitrogens with zero attached hydrogens (tertiary/aromatic N) is 4. The third-order valence-electron chi connectivity index (χ3n) is 6.20. The molecule has 1 N–H and O–H groups in total. The number of nitro benzene ring substituents is 1. The molecular formula is C27H25N5O3S2. The number of thiocarbonyl (C=S) groups is 1. The van der Waals surface area contributed by atoms with Crippen LogP contribution in [0.4, 0.5) is 11.4 Å². The summed E-state index contributed by atoms with van der Waals surface area (Å²) < 4.78 is 7.53. The summed E-state index contributed by atoms with van der Waals surface area (Å²) in [5.41, 5.74) is 3.08. The minimum absolute atomic E-state index is 0.0819. The molecule has 0 radical (unpaired) electrons. The topological polar surface area (TPSA) is 85.5 Å². The van der Waals surface area contributed by atoms with Crippen LogP contribution in [0, 0.1) is 10.1 Å². The van der Waals surface area contributed by atoms with Crippen LogP contribution in [0.3, 0.4) is 0 Å². The van der Waals surface area contributed by atoms with Crippen LogP contribution in [0.15, 0.2) is 101 Å². The Balaban J connectivity index is 1.45. The van der Waals surface area contributed by atoms with E-state index in [2.05, 4.69) is 44.2 Å². The highest BCUT2D eigenvalue weighted by atomic mass is 32.2. The largest absolute Gasteiger partial charge is 0.383 e. The molecule has 2 atom stereocenters. The van der Waals surface area contributed by atoms with Gasteiger partial charge in [0.2, 0.25) is 0 Å². The van der Waals surface area contributed by atoms with E-state index in [-0.39, 0.29) is 17.8 Å². The van der Waals surface area contributed by atoms with Gasteiger partial charge in [0.05, 0.1) is 23.3 Å². The molecule has 1 aliphatic rings. The van der Waals surface area contributed by atoms with E-state index in [9.17, 15) is 10.1 Å². The van der Waals surface area contributed by atoms with Gasteiger partial charge in [-0.05, 0) is 72.9 Å². The number of hydrogen-bond acceptors (Lipinski definition) is 6. The second kappa shape index (κ2) is 11.1. The molecule has 188 valence electrons. The Morgan fingerprint density at radius 2 is 1.78 bits per heavy atom. The predicted octanol–water partition coefficient (Wildman–Crippen LogP) is 5.77. The minimum atomic E-state index is -0.392. The first kappa shape index (κ1) is 24.9. The number of rotatable bonds is 9. The summed E-state index contributed by atoms with van der Waals surface area (Å²) in [6, 6.07) is 24.6. The van der Waals surface area contributed by atoms with Gasteiger partial charge in [-0.2, -0.15) is 0 Å². The van der Waals surface area contributed by atoms with Gasteiger partial charge in [-0.15, -0.1) is 0 Å². The predicted molar refractivity (Wildman–Crippen MR) is 148 cm³/mol. The number of benzene rings is 2. The number of methoxy groups -OCH3 is 1. The van der Waals surface area contributed by atoms with Gasteiger partial charge in [0, 0.05) is 59.4 Å². The smallest absolute Gasteiger partial charge is 0.269 e. The van der Waals surface area contributed by atoms with Crippen molar-refractivity contribution in [1.29, 1.82) is 0 Å². The van der Waals surface area contributed by atoms with E-state index in [4.69, 9.17) is 17.0 Å². The van der Waals surface area contributed by atoms with Crippen LogP contribution in [-0.4, -0.2) is 33.3 Å². The van der Waals surface area contributed by atoms with Gasteiger partial charge in [0.1, 0.15) is 6.04 Å². The number of nitro groups is 1. The van der Waals surface area contributed by atoms with E-state index >= 15 is 0 Å². The van der Waals surface area contributed by atoms with Gasteiger partial charge < -0.3 is 19.5 Å². The number of pyridine rings is 1. The van der Waals surface area contributed by atoms with E-state index in [1.807, 2.05) is 36.4 Å². The van der Waals surface area contributed by atoms with Gasteiger partial charge in [-0.25, -0.2) is 0 Å². The fourth-order valence-corrected chi connectivity index (χ4v) is 5.63. The zero-order chi connectivity index (χ0) is 25.8. The molecule has 2 aromatic heterocycles. The summed E-state index contributed by atoms with van der Waals surface area (Å²) in [4.78, 5) is 19.3. The third-order valence-corrected chi connectivity index (χ3v) is 7.53. The Labute approximate surface area is 224 Å². The zero-order valence-corrected chi connectivity index (χ0v) is 21.7. The van der Waals surface area contributed by atoms with Crippen LogP contribution < -0.4 is 10.2 Å². The van der Waals surface area contributed by atoms with Crippen LogP contribution >= 0.6 is 24.0 Å². The SMILES string of the molecule is COCCn1cccc1[C@@H]1[C@@H](c2ccccn2)NC(=S)N1c1ccc(Sc2ccc([N+](=O)[O-])cc2)cc1. The average molecular weight is 532 g/mol. The molecule has 1 fully saturated rings. The van der Waals surface area contributed by atoms with Gasteiger partial charge in [-0.1, -0.05) is 17.8 Å². The Bertz CT molecular complexity index is 1380. The summed E-state index contributed by atoms with van der Waals surface area (Å²) in [6.07, 6.45) is 3.86. The molecule has 2 aromatic carbocycles. The number of ether oxygens (including phenoxy) is 1. The number of nitrogens with one attached hydrogen (secondary N) is 1. The maximum atomic E-state index is 10.9. The number of non-ortho nitro benzene ring substituents is 1. The van der Waals surface area contributed by atoms with E-state index in [0.717, 1.165) is 33.4 Å². The Morgan fingerprint density at radius 3 is 2.43 bits per heavy atom. The van der Waals surface area contributed by atoms with E-state index in [1.165, 1.54) is 12.1 Å². The van der Waals surface area contributed by atoms with E-state index in [1.54, 1.807) is 37.2 Å². The van der Waals surface area contributed by atoms with Crippen molar-refractivity contribution in [2.45, 2.75) is 28.4 Å². The molecule has 0 aliphatic carbocycles. The molecule has 1 aliphatic heterocycles. The van der Waals surface area contributed by atoms with Gasteiger partial charge in [-0.3, -0.25) is 15.1 Å². The van der Waals surface area contributed by atoms with Crippen molar-refractivity contribution in [2.75, 3.05) is 18.6 Å². The molecule has 0 spiro atoms. The van der Waals surface area contributed by atoms with Crippen LogP contribution in [0.25, 0.3) is 0 Å². The lowest BCUT2D eigenvalue weighted by Gasteiger charge is -2.29. The molecule has 37 heavy (non-hydrogen) atoms. The molecule has 0 unspecified atom stereocenters. The first-order chi connectivity index (χ1) is 18.0. The molecule has 0 saturated carbocycles. The highest BCUT2D eigenvalue weighted by Gasteiger charge is 2.41. The summed E-state index contributed by atoms with van der Waals surface area (Å²) in [5, 5.41) is 15.1. The lowest BCUT2D eigenvalue weighted by molar-refractivity contribution is -0.384. The number of aromatic nitrogens is 2. The van der Waals surface area contributed by atoms with Crippen LogP contribution in [0.5, 0.6) is 0 Å². The first-order valence-corrected chi connectivity index (χ1v) is 12.9. The maximum absolute atomic E-state index is 10.9. The molecule has 3 heterocycles. The van der Waals surface area contributed by atoms with Gasteiger partial charge in [0.15, 0.2) is 5.11 Å². The van der Waals surface area contributed by atoms with Crippen molar-refractivity contribution in [3.63, 3.8) is 0 Å². The zero-order valence-electron chi connectivity index (χ0n) is 20.1. The van der Waals surface area contributed by atoms with Crippen molar-refractivity contribution in [1.82, 2.24) is 14.9 Å². The molecule has 0 amide bonds. The van der Waals surface area contributed by atoms with Crippen molar-refractivity contribution in [3.05, 3.63) is 113 Å². The monoisotopic (exact) mass is 531 g/mol. The Hall–Kier alpha value is -3.73. The standard InChI is InChI=1S/C27H25N5O3S2/c1-35-18-17-30-16-4-6-24(30)26-25(23-5-2-3-15-28-23)29-27(36)31(26)19-7-11-21(12-8-19)37-22-13-9-20(10-14-22)32(33)34/h2-16,25-26H,17-18H2,1H3,(H,29,36)/t25-,26-/m1/s1. The number of hydrogen-bond donors (Lipinski definition) is 1. The summed E-state index contributed by atoms with van der Waals surface area (Å²) >= 11 is 7.40. The minimum Gasteiger partial charge on any atom is -0.383 e. The molecule has 10 heteroatoms. The normalized spacial score (nSPS) is 17.1. The molecule has 8 nitrogen and oxygen atoms in total. The van der Waals surface area contributed by atoms with Crippen molar-refractivity contribution in [3.8, 4) is 0 Å². The van der Waals surface area contributed by atoms with Crippen molar-refractivity contribution in [2.24, 2.45) is 0 Å². The molecule has 4 aromatic rings. The van der Waals surface area contributed by atoms with Crippen LogP contribution in [0.1, 0.15) is 23.5 Å². The molecule has 5 rings (SSSR count). The van der Waals surface area contributed by atoms with E-state index < -0.39 is 4.92 Å². The second-order valence-electron chi connectivity index (χ2n) is 8.46. The van der Waals surface area contributed by atoms with Crippen LogP contribution in [0.2, 0.25) is 0 Å². The first-order valence-electron chi connectivity index (χ1n) is 11.7. The highest BCUT2D eigenvalue weighted by molar-refractivity contribution is 7.99. The molecular weight excluding hydrogens is 506 g/mol. The lowest BCUT2D eigenvalue weighted by atomic mass is 10.0. The second-order valence-corrected chi connectivity index (χ2v) is 10.00.